The Morgan fingerprint density at radius 1 is 1.03 bits per heavy atom. The highest BCUT2D eigenvalue weighted by atomic mass is 16.5. The second kappa shape index (κ2) is 8.53. The van der Waals surface area contributed by atoms with Crippen LogP contribution in [0.2, 0.25) is 0 Å². The zero-order chi connectivity index (χ0) is 21.1. The lowest BCUT2D eigenvalue weighted by atomic mass is 9.98. The van der Waals surface area contributed by atoms with Gasteiger partial charge in [0, 0.05) is 44.8 Å². The molecule has 1 spiro atoms. The minimum Gasteiger partial charge on any atom is -0.497 e. The summed E-state index contributed by atoms with van der Waals surface area (Å²) in [6, 6.07) is 7.60. The van der Waals surface area contributed by atoms with Gasteiger partial charge in [-0.1, -0.05) is 12.8 Å². The van der Waals surface area contributed by atoms with Crippen LogP contribution in [0.5, 0.6) is 5.75 Å². The van der Waals surface area contributed by atoms with Crippen molar-refractivity contribution in [2.45, 2.75) is 44.1 Å². The number of benzene rings is 1. The van der Waals surface area contributed by atoms with E-state index in [1.807, 2.05) is 29.2 Å². The number of rotatable bonds is 5. The number of amides is 4. The molecule has 8 heteroatoms. The number of anilines is 1. The smallest absolute Gasteiger partial charge is 0.325 e. The van der Waals surface area contributed by atoms with Crippen molar-refractivity contribution in [2.75, 3.05) is 44.7 Å². The third-order valence-electron chi connectivity index (χ3n) is 6.54. The van der Waals surface area contributed by atoms with E-state index < -0.39 is 5.54 Å². The van der Waals surface area contributed by atoms with E-state index >= 15 is 0 Å². The standard InChI is InChI=1S/C22H30N4O4/c1-30-18-7-5-17(6-8-18)24-12-4-13-25(16-15-24)19(27)9-14-26-20(28)22(23-21(26)29)10-2-3-11-22/h5-8H,2-4,9-16H2,1H3,(H,23,29). The Hall–Kier alpha value is -2.77. The maximum atomic E-state index is 12.8. The van der Waals surface area contributed by atoms with E-state index in [-0.39, 0.29) is 30.8 Å². The van der Waals surface area contributed by atoms with Crippen LogP contribution < -0.4 is 15.0 Å². The van der Waals surface area contributed by atoms with Gasteiger partial charge in [0.25, 0.3) is 5.91 Å². The molecule has 1 N–H and O–H groups in total. The first-order valence-electron chi connectivity index (χ1n) is 10.8. The molecule has 4 amide bonds. The van der Waals surface area contributed by atoms with Gasteiger partial charge in [-0.15, -0.1) is 0 Å². The molecule has 162 valence electrons. The topological polar surface area (TPSA) is 82.2 Å². The largest absolute Gasteiger partial charge is 0.497 e. The summed E-state index contributed by atoms with van der Waals surface area (Å²) in [5, 5.41) is 2.87. The van der Waals surface area contributed by atoms with Gasteiger partial charge in [-0.05, 0) is 43.5 Å². The number of imide groups is 1. The van der Waals surface area contributed by atoms with Gasteiger partial charge in [0.15, 0.2) is 0 Å². The van der Waals surface area contributed by atoms with Crippen molar-refractivity contribution in [1.82, 2.24) is 15.1 Å². The summed E-state index contributed by atoms with van der Waals surface area (Å²) in [7, 11) is 1.65. The molecule has 3 aliphatic rings. The number of carbonyl (C=O) groups excluding carboxylic acids is 3. The lowest BCUT2D eigenvalue weighted by molar-refractivity contribution is -0.133. The molecule has 1 saturated carbocycles. The molecule has 2 heterocycles. The zero-order valence-corrected chi connectivity index (χ0v) is 17.6. The summed E-state index contributed by atoms with van der Waals surface area (Å²) in [5.41, 5.74) is 0.410. The molecule has 0 bridgehead atoms. The van der Waals surface area contributed by atoms with Crippen LogP contribution in [0.15, 0.2) is 24.3 Å². The van der Waals surface area contributed by atoms with E-state index in [2.05, 4.69) is 10.2 Å². The fraction of sp³-hybridized carbons (Fsp3) is 0.591. The number of urea groups is 1. The van der Waals surface area contributed by atoms with Gasteiger partial charge < -0.3 is 19.9 Å². The first-order chi connectivity index (χ1) is 14.5. The number of nitrogens with zero attached hydrogens (tertiary/aromatic N) is 3. The van der Waals surface area contributed by atoms with Crippen LogP contribution in [0.1, 0.15) is 38.5 Å². The maximum absolute atomic E-state index is 12.8. The second-order valence-electron chi connectivity index (χ2n) is 8.35. The van der Waals surface area contributed by atoms with Crippen molar-refractivity contribution in [3.63, 3.8) is 0 Å². The van der Waals surface area contributed by atoms with E-state index in [0.717, 1.165) is 43.8 Å². The van der Waals surface area contributed by atoms with Gasteiger partial charge in [0.2, 0.25) is 5.91 Å². The third kappa shape index (κ3) is 3.95. The van der Waals surface area contributed by atoms with Crippen molar-refractivity contribution < 1.29 is 19.1 Å². The maximum Gasteiger partial charge on any atom is 0.325 e. The zero-order valence-electron chi connectivity index (χ0n) is 17.6. The van der Waals surface area contributed by atoms with Crippen molar-refractivity contribution in [1.29, 1.82) is 0 Å². The lowest BCUT2D eigenvalue weighted by Gasteiger charge is -2.24. The lowest BCUT2D eigenvalue weighted by Crippen LogP contribution is -2.44. The van der Waals surface area contributed by atoms with E-state index in [1.54, 1.807) is 7.11 Å². The second-order valence-corrected chi connectivity index (χ2v) is 8.35. The molecule has 3 fully saturated rings. The van der Waals surface area contributed by atoms with E-state index in [4.69, 9.17) is 4.74 Å². The van der Waals surface area contributed by atoms with Gasteiger partial charge in [-0.2, -0.15) is 0 Å². The van der Waals surface area contributed by atoms with Crippen LogP contribution in [-0.4, -0.2) is 73.0 Å². The predicted molar refractivity (Wildman–Crippen MR) is 112 cm³/mol. The average molecular weight is 415 g/mol. The fourth-order valence-electron chi connectivity index (χ4n) is 4.78. The van der Waals surface area contributed by atoms with E-state index in [1.165, 1.54) is 4.90 Å². The predicted octanol–water partition coefficient (Wildman–Crippen LogP) is 1.99. The summed E-state index contributed by atoms with van der Waals surface area (Å²) in [6.07, 6.45) is 4.38. The number of hydrogen-bond donors (Lipinski definition) is 1. The number of methoxy groups -OCH3 is 1. The Morgan fingerprint density at radius 2 is 1.77 bits per heavy atom. The van der Waals surface area contributed by atoms with Crippen LogP contribution in [0.3, 0.4) is 0 Å². The number of carbonyl (C=O) groups is 3. The molecule has 1 aliphatic carbocycles. The number of hydrogen-bond acceptors (Lipinski definition) is 5. The van der Waals surface area contributed by atoms with Gasteiger partial charge in [-0.25, -0.2) is 4.79 Å². The fourth-order valence-corrected chi connectivity index (χ4v) is 4.78. The van der Waals surface area contributed by atoms with Crippen molar-refractivity contribution >= 4 is 23.5 Å². The molecule has 2 saturated heterocycles. The van der Waals surface area contributed by atoms with Crippen molar-refractivity contribution in [3.8, 4) is 5.75 Å². The highest BCUT2D eigenvalue weighted by Crippen LogP contribution is 2.35. The van der Waals surface area contributed by atoms with E-state index in [0.29, 0.717) is 25.9 Å². The summed E-state index contributed by atoms with van der Waals surface area (Å²) in [6.45, 7) is 3.12. The van der Waals surface area contributed by atoms with Crippen LogP contribution in [0.4, 0.5) is 10.5 Å². The molecule has 30 heavy (non-hydrogen) atoms. The van der Waals surface area contributed by atoms with Crippen LogP contribution in [0, 0.1) is 0 Å². The number of nitrogens with one attached hydrogen (secondary N) is 1. The Balaban J connectivity index is 1.30. The van der Waals surface area contributed by atoms with Gasteiger partial charge >= 0.3 is 6.03 Å². The number of ether oxygens (including phenoxy) is 1. The molecule has 8 nitrogen and oxygen atoms in total. The normalized spacial score (nSPS) is 21.2. The van der Waals surface area contributed by atoms with Crippen molar-refractivity contribution in [2.24, 2.45) is 0 Å². The molecule has 0 atom stereocenters. The minimum absolute atomic E-state index is 0.000414. The molecule has 2 aliphatic heterocycles. The van der Waals surface area contributed by atoms with Crippen LogP contribution in [0.25, 0.3) is 0 Å². The molecule has 1 aromatic carbocycles. The van der Waals surface area contributed by atoms with Gasteiger partial charge in [0.05, 0.1) is 7.11 Å². The molecule has 0 aromatic heterocycles. The highest BCUT2D eigenvalue weighted by molar-refractivity contribution is 6.07. The summed E-state index contributed by atoms with van der Waals surface area (Å²) < 4.78 is 5.22. The molecule has 4 rings (SSSR count). The Labute approximate surface area is 177 Å². The summed E-state index contributed by atoms with van der Waals surface area (Å²) in [4.78, 5) is 43.2. The molecule has 0 radical (unpaired) electrons. The summed E-state index contributed by atoms with van der Waals surface area (Å²) in [5.74, 6) is 0.671. The molecule has 0 unspecified atom stereocenters. The Kier molecular flexibility index (Phi) is 5.83. The first-order valence-corrected chi connectivity index (χ1v) is 10.8. The van der Waals surface area contributed by atoms with Gasteiger partial charge in [-0.3, -0.25) is 14.5 Å². The molecular formula is C22H30N4O4. The van der Waals surface area contributed by atoms with Gasteiger partial charge in [0.1, 0.15) is 11.3 Å². The first kappa shape index (κ1) is 20.5. The Bertz CT molecular complexity index is 804. The third-order valence-corrected chi connectivity index (χ3v) is 6.54. The molecular weight excluding hydrogens is 384 g/mol. The van der Waals surface area contributed by atoms with Crippen molar-refractivity contribution in [3.05, 3.63) is 24.3 Å². The molecule has 1 aromatic rings. The Morgan fingerprint density at radius 3 is 2.47 bits per heavy atom. The highest BCUT2D eigenvalue weighted by Gasteiger charge is 2.52. The monoisotopic (exact) mass is 414 g/mol. The van der Waals surface area contributed by atoms with E-state index in [9.17, 15) is 14.4 Å². The minimum atomic E-state index is -0.707. The van der Waals surface area contributed by atoms with Crippen LogP contribution in [-0.2, 0) is 9.59 Å². The average Bonchev–Trinajstić information content (AvgIpc) is 3.21. The SMILES string of the molecule is COc1ccc(N2CCCN(C(=O)CCN3C(=O)NC4(CCCC4)C3=O)CC2)cc1. The van der Waals surface area contributed by atoms with Crippen LogP contribution >= 0.6 is 0 Å². The quantitative estimate of drug-likeness (QED) is 0.745. The summed E-state index contributed by atoms with van der Waals surface area (Å²) >= 11 is 0.